The Morgan fingerprint density at radius 1 is 0.880 bits per heavy atom. The Labute approximate surface area is 146 Å². The second kappa shape index (κ2) is 7.62. The first-order valence-electron chi connectivity index (χ1n) is 8.08. The second-order valence-electron chi connectivity index (χ2n) is 5.74. The van der Waals surface area contributed by atoms with E-state index in [1.807, 2.05) is 42.5 Å². The molecule has 25 heavy (non-hydrogen) atoms. The molecule has 0 saturated carbocycles. The molecule has 0 bridgehead atoms. The average Bonchev–Trinajstić information content (AvgIpc) is 2.62. The van der Waals surface area contributed by atoms with Gasteiger partial charge in [0.1, 0.15) is 11.9 Å². The van der Waals surface area contributed by atoms with Crippen molar-refractivity contribution in [3.63, 3.8) is 0 Å². The molecule has 0 aliphatic carbocycles. The lowest BCUT2D eigenvalue weighted by Crippen LogP contribution is -2.21. The minimum absolute atomic E-state index is 0.0121. The van der Waals surface area contributed by atoms with E-state index >= 15 is 0 Å². The zero-order valence-electron chi connectivity index (χ0n) is 13.8. The summed E-state index contributed by atoms with van der Waals surface area (Å²) in [6.07, 6.45) is -0.586. The van der Waals surface area contributed by atoms with Gasteiger partial charge in [-0.15, -0.1) is 0 Å². The van der Waals surface area contributed by atoms with Gasteiger partial charge in [0, 0.05) is 5.39 Å². The number of hydrogen-bond acceptors (Lipinski definition) is 4. The highest BCUT2D eigenvalue weighted by molar-refractivity contribution is 5.91. The molecular weight excluding hydrogens is 316 g/mol. The van der Waals surface area contributed by atoms with Gasteiger partial charge in [0.2, 0.25) is 0 Å². The van der Waals surface area contributed by atoms with E-state index in [2.05, 4.69) is 0 Å². The molecule has 0 spiro atoms. The van der Waals surface area contributed by atoms with Crippen LogP contribution in [0.15, 0.2) is 72.8 Å². The van der Waals surface area contributed by atoms with E-state index in [0.29, 0.717) is 11.3 Å². The Morgan fingerprint density at radius 3 is 2.36 bits per heavy atom. The van der Waals surface area contributed by atoms with Crippen LogP contribution in [0.1, 0.15) is 23.7 Å². The minimum Gasteiger partial charge on any atom is -0.458 e. The number of carbonyl (C=O) groups excluding carboxylic acids is 2. The lowest BCUT2D eigenvalue weighted by atomic mass is 10.1. The Morgan fingerprint density at radius 2 is 1.56 bits per heavy atom. The van der Waals surface area contributed by atoms with Gasteiger partial charge in [0.25, 0.3) is 0 Å². The smallest absolute Gasteiger partial charge is 0.338 e. The summed E-state index contributed by atoms with van der Waals surface area (Å²) in [7, 11) is 0. The van der Waals surface area contributed by atoms with Gasteiger partial charge >= 0.3 is 11.9 Å². The van der Waals surface area contributed by atoms with Crippen molar-refractivity contribution in [1.82, 2.24) is 0 Å². The van der Waals surface area contributed by atoms with Crippen molar-refractivity contribution >= 4 is 22.7 Å². The molecule has 0 saturated heterocycles. The number of hydrogen-bond donors (Lipinski definition) is 0. The number of ether oxygens (including phenoxy) is 2. The highest BCUT2D eigenvalue weighted by atomic mass is 16.6. The van der Waals surface area contributed by atoms with Gasteiger partial charge in [-0.2, -0.15) is 0 Å². The van der Waals surface area contributed by atoms with E-state index in [1.165, 1.54) is 0 Å². The van der Waals surface area contributed by atoms with E-state index in [1.54, 1.807) is 37.3 Å². The molecule has 0 fully saturated rings. The average molecular weight is 334 g/mol. The van der Waals surface area contributed by atoms with Gasteiger partial charge in [0.15, 0.2) is 0 Å². The van der Waals surface area contributed by atoms with E-state index in [0.717, 1.165) is 10.8 Å². The normalized spacial score (nSPS) is 11.7. The molecule has 0 heterocycles. The molecule has 3 rings (SSSR count). The van der Waals surface area contributed by atoms with Crippen molar-refractivity contribution in [2.45, 2.75) is 19.4 Å². The molecule has 1 atom stereocenters. The highest BCUT2D eigenvalue weighted by Gasteiger charge is 2.17. The monoisotopic (exact) mass is 334 g/mol. The SMILES string of the molecule is CC(CC(=O)Oc1cccc2ccccc12)OC(=O)c1ccccc1. The molecule has 0 N–H and O–H groups in total. The van der Waals surface area contributed by atoms with Crippen molar-refractivity contribution in [3.8, 4) is 5.75 Å². The first-order chi connectivity index (χ1) is 12.1. The summed E-state index contributed by atoms with van der Waals surface area (Å²) in [6.45, 7) is 1.67. The maximum atomic E-state index is 12.2. The molecule has 3 aromatic rings. The Balaban J connectivity index is 1.61. The van der Waals surface area contributed by atoms with Gasteiger partial charge in [-0.3, -0.25) is 4.79 Å². The predicted octanol–water partition coefficient (Wildman–Crippen LogP) is 4.38. The summed E-state index contributed by atoms with van der Waals surface area (Å²) in [5, 5.41) is 1.86. The summed E-state index contributed by atoms with van der Waals surface area (Å²) in [5.74, 6) is -0.388. The fourth-order valence-corrected chi connectivity index (χ4v) is 2.55. The van der Waals surface area contributed by atoms with Crippen LogP contribution < -0.4 is 4.74 Å². The molecule has 0 aromatic heterocycles. The minimum atomic E-state index is -0.574. The third kappa shape index (κ3) is 4.23. The first-order valence-corrected chi connectivity index (χ1v) is 8.08. The number of rotatable bonds is 5. The first kappa shape index (κ1) is 16.7. The number of benzene rings is 3. The molecule has 1 unspecified atom stereocenters. The molecule has 0 aliphatic heterocycles. The van der Waals surface area contributed by atoms with Gasteiger partial charge in [-0.25, -0.2) is 4.79 Å². The number of carbonyl (C=O) groups is 2. The number of esters is 2. The quantitative estimate of drug-likeness (QED) is 0.513. The molecular formula is C21H18O4. The maximum absolute atomic E-state index is 12.2. The predicted molar refractivity (Wildman–Crippen MR) is 95.5 cm³/mol. The number of fused-ring (bicyclic) bond motifs is 1. The van der Waals surface area contributed by atoms with Crippen molar-refractivity contribution in [2.75, 3.05) is 0 Å². The summed E-state index contributed by atoms with van der Waals surface area (Å²) in [6, 6.07) is 21.9. The van der Waals surface area contributed by atoms with Gasteiger partial charge in [-0.1, -0.05) is 54.6 Å². The van der Waals surface area contributed by atoms with Gasteiger partial charge in [0.05, 0.1) is 12.0 Å². The molecule has 3 aromatic carbocycles. The summed E-state index contributed by atoms with van der Waals surface area (Å²) < 4.78 is 10.7. The van der Waals surface area contributed by atoms with Gasteiger partial charge < -0.3 is 9.47 Å². The zero-order valence-corrected chi connectivity index (χ0v) is 13.8. The molecule has 0 amide bonds. The van der Waals surface area contributed by atoms with E-state index < -0.39 is 18.0 Å². The third-order valence-electron chi connectivity index (χ3n) is 3.75. The molecule has 126 valence electrons. The fourth-order valence-electron chi connectivity index (χ4n) is 2.55. The largest absolute Gasteiger partial charge is 0.458 e. The molecule has 4 heteroatoms. The van der Waals surface area contributed by atoms with Crippen LogP contribution >= 0.6 is 0 Å². The second-order valence-corrected chi connectivity index (χ2v) is 5.74. The summed E-state index contributed by atoms with van der Waals surface area (Å²) in [5.41, 5.74) is 0.455. The molecule has 4 nitrogen and oxygen atoms in total. The van der Waals surface area contributed by atoms with Crippen molar-refractivity contribution < 1.29 is 19.1 Å². The van der Waals surface area contributed by atoms with Crippen molar-refractivity contribution in [2.24, 2.45) is 0 Å². The standard InChI is InChI=1S/C21H18O4/c1-15(24-21(23)17-9-3-2-4-10-17)14-20(22)25-19-13-7-11-16-8-5-6-12-18(16)19/h2-13,15H,14H2,1H3. The lowest BCUT2D eigenvalue weighted by molar-refractivity contribution is -0.136. The van der Waals surface area contributed by atoms with Crippen LogP contribution in [0.4, 0.5) is 0 Å². The van der Waals surface area contributed by atoms with Crippen LogP contribution in [0.5, 0.6) is 5.75 Å². The molecule has 0 aliphatic rings. The Bertz CT molecular complexity index is 881. The molecule has 0 radical (unpaired) electrons. The maximum Gasteiger partial charge on any atom is 0.338 e. The van der Waals surface area contributed by atoms with Crippen LogP contribution in [0.25, 0.3) is 10.8 Å². The van der Waals surface area contributed by atoms with E-state index in [4.69, 9.17) is 9.47 Å². The topological polar surface area (TPSA) is 52.6 Å². The highest BCUT2D eigenvalue weighted by Crippen LogP contribution is 2.25. The lowest BCUT2D eigenvalue weighted by Gasteiger charge is -2.13. The Hall–Kier alpha value is -3.14. The van der Waals surface area contributed by atoms with E-state index in [-0.39, 0.29) is 6.42 Å². The van der Waals surface area contributed by atoms with Crippen molar-refractivity contribution in [1.29, 1.82) is 0 Å². The van der Waals surface area contributed by atoms with Crippen LogP contribution in [-0.4, -0.2) is 18.0 Å². The van der Waals surface area contributed by atoms with Crippen LogP contribution in [0, 0.1) is 0 Å². The van der Waals surface area contributed by atoms with Crippen LogP contribution in [0.2, 0.25) is 0 Å². The van der Waals surface area contributed by atoms with Crippen LogP contribution in [0.3, 0.4) is 0 Å². The zero-order chi connectivity index (χ0) is 17.6. The van der Waals surface area contributed by atoms with Gasteiger partial charge in [-0.05, 0) is 30.5 Å². The Kier molecular flexibility index (Phi) is 5.09. The van der Waals surface area contributed by atoms with E-state index in [9.17, 15) is 9.59 Å². The fraction of sp³-hybridized carbons (Fsp3) is 0.143. The summed E-state index contributed by atoms with van der Waals surface area (Å²) in [4.78, 5) is 24.2. The third-order valence-corrected chi connectivity index (χ3v) is 3.75. The van der Waals surface area contributed by atoms with Crippen LogP contribution in [-0.2, 0) is 9.53 Å². The summed E-state index contributed by atoms with van der Waals surface area (Å²) >= 11 is 0. The van der Waals surface area contributed by atoms with Crippen molar-refractivity contribution in [3.05, 3.63) is 78.4 Å².